The predicted octanol–water partition coefficient (Wildman–Crippen LogP) is 3.80. The number of hydrogen-bond acceptors (Lipinski definition) is 3. The molecule has 0 radical (unpaired) electrons. The van der Waals surface area contributed by atoms with Crippen molar-refractivity contribution in [2.75, 3.05) is 20.2 Å². The molecule has 0 bridgehead atoms. The first kappa shape index (κ1) is 18.3. The molecule has 0 aliphatic carbocycles. The molecule has 0 aliphatic heterocycles. The molecule has 0 saturated heterocycles. The Morgan fingerprint density at radius 2 is 1.81 bits per heavy atom. The molecule has 0 fully saturated rings. The van der Waals surface area contributed by atoms with Crippen LogP contribution in [0, 0.1) is 5.82 Å². The zero-order valence-electron chi connectivity index (χ0n) is 15.2. The van der Waals surface area contributed by atoms with Gasteiger partial charge in [0.2, 0.25) is 0 Å². The van der Waals surface area contributed by atoms with Crippen LogP contribution < -0.4 is 0 Å². The molecule has 1 atom stereocenters. The van der Waals surface area contributed by atoms with Crippen LogP contribution in [0.25, 0.3) is 0 Å². The summed E-state index contributed by atoms with van der Waals surface area (Å²) < 4.78 is 22.1. The molecular weight excluding hydrogens is 329 g/mol. The van der Waals surface area contributed by atoms with Gasteiger partial charge >= 0.3 is 0 Å². The van der Waals surface area contributed by atoms with Gasteiger partial charge in [-0.3, -0.25) is 9.58 Å². The van der Waals surface area contributed by atoms with Gasteiger partial charge in [-0.05, 0) is 24.7 Å². The number of aromatic nitrogens is 2. The number of ether oxygens (including phenoxy) is 1. The van der Waals surface area contributed by atoms with Gasteiger partial charge in [-0.15, -0.1) is 0 Å². The molecule has 2 aromatic carbocycles. The Balaban J connectivity index is 1.65. The number of nitrogens with zero attached hydrogens (tertiary/aromatic N) is 3. The summed E-state index contributed by atoms with van der Waals surface area (Å²) in [5, 5.41) is 4.20. The van der Waals surface area contributed by atoms with Gasteiger partial charge < -0.3 is 4.74 Å². The van der Waals surface area contributed by atoms with Gasteiger partial charge in [0.25, 0.3) is 0 Å². The lowest BCUT2D eigenvalue weighted by Crippen LogP contribution is -2.24. The monoisotopic (exact) mass is 353 g/mol. The van der Waals surface area contributed by atoms with Crippen molar-refractivity contribution >= 4 is 0 Å². The summed E-state index contributed by atoms with van der Waals surface area (Å²) in [6.07, 6.45) is 1.22. The van der Waals surface area contributed by atoms with Crippen molar-refractivity contribution in [1.82, 2.24) is 14.7 Å². The van der Waals surface area contributed by atoms with Crippen molar-refractivity contribution in [3.05, 3.63) is 89.5 Å². The Bertz CT molecular complexity index is 819. The fourth-order valence-electron chi connectivity index (χ4n) is 2.96. The molecule has 0 spiro atoms. The van der Waals surface area contributed by atoms with Crippen LogP contribution in [0.1, 0.15) is 22.9 Å². The first-order chi connectivity index (χ1) is 12.6. The average molecular weight is 353 g/mol. The van der Waals surface area contributed by atoms with Crippen LogP contribution in [0.3, 0.4) is 0 Å². The standard InChI is InChI=1S/C21H24FN3O/c1-24(16-17-8-4-3-5-9-17)14-15-26-21(20-12-13-23-25(20)2)18-10-6-7-11-19(18)22/h3-13,21H,14-16H2,1-2H3. The summed E-state index contributed by atoms with van der Waals surface area (Å²) in [5.41, 5.74) is 2.62. The van der Waals surface area contributed by atoms with E-state index in [4.69, 9.17) is 4.74 Å². The minimum atomic E-state index is -0.478. The van der Waals surface area contributed by atoms with Crippen LogP contribution in [0.5, 0.6) is 0 Å². The van der Waals surface area contributed by atoms with Crippen LogP contribution in [0.2, 0.25) is 0 Å². The van der Waals surface area contributed by atoms with Crippen molar-refractivity contribution in [3.8, 4) is 0 Å². The highest BCUT2D eigenvalue weighted by molar-refractivity contribution is 5.27. The third kappa shape index (κ3) is 4.56. The highest BCUT2D eigenvalue weighted by Crippen LogP contribution is 2.27. The molecule has 0 saturated carbocycles. The molecule has 4 nitrogen and oxygen atoms in total. The smallest absolute Gasteiger partial charge is 0.129 e. The molecular formula is C21H24FN3O. The van der Waals surface area contributed by atoms with Gasteiger partial charge in [-0.1, -0.05) is 48.5 Å². The molecule has 0 N–H and O–H groups in total. The minimum absolute atomic E-state index is 0.267. The summed E-state index contributed by atoms with van der Waals surface area (Å²) in [6, 6.07) is 18.9. The van der Waals surface area contributed by atoms with E-state index >= 15 is 0 Å². The number of likely N-dealkylation sites (N-methyl/N-ethyl adjacent to an activating group) is 1. The third-order valence-corrected chi connectivity index (χ3v) is 4.37. The zero-order valence-corrected chi connectivity index (χ0v) is 15.2. The average Bonchev–Trinajstić information content (AvgIpc) is 3.06. The number of aryl methyl sites for hydroxylation is 1. The Kier molecular flexibility index (Phi) is 6.15. The Morgan fingerprint density at radius 3 is 2.50 bits per heavy atom. The SMILES string of the molecule is CN(CCOC(c1ccccc1F)c1ccnn1C)Cc1ccccc1. The molecule has 3 aromatic rings. The fraction of sp³-hybridized carbons (Fsp3) is 0.286. The van der Waals surface area contributed by atoms with Gasteiger partial charge in [0.05, 0.1) is 12.3 Å². The van der Waals surface area contributed by atoms with E-state index in [1.807, 2.05) is 37.4 Å². The van der Waals surface area contributed by atoms with E-state index in [-0.39, 0.29) is 5.82 Å². The summed E-state index contributed by atoms with van der Waals surface area (Å²) in [5.74, 6) is -0.267. The van der Waals surface area contributed by atoms with E-state index in [1.165, 1.54) is 11.6 Å². The second kappa shape index (κ2) is 8.74. The summed E-state index contributed by atoms with van der Waals surface area (Å²) in [6.45, 7) is 2.09. The number of rotatable bonds is 8. The Morgan fingerprint density at radius 1 is 1.08 bits per heavy atom. The highest BCUT2D eigenvalue weighted by atomic mass is 19.1. The minimum Gasteiger partial charge on any atom is -0.366 e. The van der Waals surface area contributed by atoms with E-state index in [1.54, 1.807) is 23.0 Å². The first-order valence-corrected chi connectivity index (χ1v) is 8.71. The van der Waals surface area contributed by atoms with Crippen molar-refractivity contribution < 1.29 is 9.13 Å². The normalized spacial score (nSPS) is 12.5. The van der Waals surface area contributed by atoms with Crippen LogP contribution in [-0.4, -0.2) is 34.9 Å². The molecule has 1 heterocycles. The van der Waals surface area contributed by atoms with E-state index in [9.17, 15) is 4.39 Å². The van der Waals surface area contributed by atoms with Crippen LogP contribution in [0.4, 0.5) is 4.39 Å². The zero-order chi connectivity index (χ0) is 18.4. The molecule has 1 unspecified atom stereocenters. The second-order valence-electron chi connectivity index (χ2n) is 6.38. The van der Waals surface area contributed by atoms with Crippen LogP contribution in [-0.2, 0) is 18.3 Å². The molecule has 136 valence electrons. The molecule has 5 heteroatoms. The quantitative estimate of drug-likeness (QED) is 0.617. The van der Waals surface area contributed by atoms with E-state index < -0.39 is 6.10 Å². The van der Waals surface area contributed by atoms with Gasteiger partial charge in [-0.25, -0.2) is 4.39 Å². The number of halogens is 1. The van der Waals surface area contributed by atoms with E-state index in [2.05, 4.69) is 29.2 Å². The Labute approximate surface area is 153 Å². The van der Waals surface area contributed by atoms with Gasteiger partial charge in [0.1, 0.15) is 11.9 Å². The topological polar surface area (TPSA) is 30.3 Å². The van der Waals surface area contributed by atoms with Gasteiger partial charge in [-0.2, -0.15) is 5.10 Å². The maximum absolute atomic E-state index is 14.3. The lowest BCUT2D eigenvalue weighted by Gasteiger charge is -2.22. The van der Waals surface area contributed by atoms with Crippen molar-refractivity contribution in [3.63, 3.8) is 0 Å². The predicted molar refractivity (Wildman–Crippen MR) is 100 cm³/mol. The molecule has 26 heavy (non-hydrogen) atoms. The van der Waals surface area contributed by atoms with Crippen molar-refractivity contribution in [1.29, 1.82) is 0 Å². The van der Waals surface area contributed by atoms with Gasteiger partial charge in [0.15, 0.2) is 0 Å². The van der Waals surface area contributed by atoms with Crippen molar-refractivity contribution in [2.24, 2.45) is 7.05 Å². The van der Waals surface area contributed by atoms with Gasteiger partial charge in [0, 0.05) is 31.9 Å². The number of hydrogen-bond donors (Lipinski definition) is 0. The fourth-order valence-corrected chi connectivity index (χ4v) is 2.96. The second-order valence-corrected chi connectivity index (χ2v) is 6.38. The summed E-state index contributed by atoms with van der Waals surface area (Å²) in [4.78, 5) is 2.19. The van der Waals surface area contributed by atoms with E-state index in [0.717, 1.165) is 18.8 Å². The maximum atomic E-state index is 14.3. The van der Waals surface area contributed by atoms with Crippen LogP contribution in [0.15, 0.2) is 66.9 Å². The number of benzene rings is 2. The lowest BCUT2D eigenvalue weighted by molar-refractivity contribution is 0.0569. The highest BCUT2D eigenvalue weighted by Gasteiger charge is 2.21. The molecule has 0 amide bonds. The summed E-state index contributed by atoms with van der Waals surface area (Å²) >= 11 is 0. The largest absolute Gasteiger partial charge is 0.366 e. The van der Waals surface area contributed by atoms with E-state index in [0.29, 0.717) is 12.2 Å². The molecule has 1 aromatic heterocycles. The van der Waals surface area contributed by atoms with Crippen LogP contribution >= 0.6 is 0 Å². The lowest BCUT2D eigenvalue weighted by atomic mass is 10.1. The Hall–Kier alpha value is -2.50. The third-order valence-electron chi connectivity index (χ3n) is 4.37. The molecule has 3 rings (SSSR count). The summed E-state index contributed by atoms with van der Waals surface area (Å²) in [7, 11) is 3.90. The maximum Gasteiger partial charge on any atom is 0.129 e. The first-order valence-electron chi connectivity index (χ1n) is 8.71. The molecule has 0 aliphatic rings. The van der Waals surface area contributed by atoms with Crippen molar-refractivity contribution in [2.45, 2.75) is 12.6 Å².